The van der Waals surface area contributed by atoms with Crippen molar-refractivity contribution in [3.05, 3.63) is 52.1 Å². The molecule has 0 unspecified atom stereocenters. The number of aromatic carboxylic acids is 1. The first kappa shape index (κ1) is 14.1. The number of benzene rings is 2. The van der Waals surface area contributed by atoms with Gasteiger partial charge in [-0.25, -0.2) is 4.79 Å². The molecule has 5 nitrogen and oxygen atoms in total. The highest BCUT2D eigenvalue weighted by atomic mass is 16.4. The number of nitrogens with one attached hydrogen (secondary N) is 1. The fourth-order valence-electron chi connectivity index (χ4n) is 2.84. The Labute approximate surface area is 126 Å². The standard InChI is InChI=1S/C17H15NO4/c1-8-6-9(2)15(10(3)7-8)18-16(19)13-11-4-5-12(22-11)14(13)17(20)21/h4-7H,1-3H3,(H,18,19)(H,20,21). The molecule has 0 aliphatic rings. The lowest BCUT2D eigenvalue weighted by molar-refractivity contribution is 0.0695. The van der Waals surface area contributed by atoms with E-state index in [0.717, 1.165) is 16.7 Å². The van der Waals surface area contributed by atoms with Gasteiger partial charge >= 0.3 is 5.97 Å². The maximum atomic E-state index is 12.5. The number of furan rings is 2. The number of carboxylic acids is 1. The number of hydrogen-bond donors (Lipinski definition) is 2. The lowest BCUT2D eigenvalue weighted by Gasteiger charge is -2.13. The van der Waals surface area contributed by atoms with Crippen molar-refractivity contribution >= 4 is 28.7 Å². The predicted molar refractivity (Wildman–Crippen MR) is 83.0 cm³/mol. The van der Waals surface area contributed by atoms with Crippen LogP contribution in [0, 0.1) is 20.8 Å². The van der Waals surface area contributed by atoms with Gasteiger partial charge in [0.1, 0.15) is 22.3 Å². The minimum atomic E-state index is -1.17. The number of carbonyl (C=O) groups is 2. The molecule has 0 radical (unpaired) electrons. The van der Waals surface area contributed by atoms with Crippen LogP contribution < -0.4 is 5.32 Å². The molecule has 0 aliphatic heterocycles. The second kappa shape index (κ2) is 4.87. The highest BCUT2D eigenvalue weighted by Crippen LogP contribution is 2.30. The van der Waals surface area contributed by atoms with Gasteiger partial charge in [-0.05, 0) is 44.0 Å². The van der Waals surface area contributed by atoms with Gasteiger partial charge in [0.15, 0.2) is 0 Å². The molecular formula is C17H15NO4. The lowest BCUT2D eigenvalue weighted by Crippen LogP contribution is -2.17. The second-order valence-corrected chi connectivity index (χ2v) is 5.45. The van der Waals surface area contributed by atoms with Gasteiger partial charge in [0.05, 0.1) is 0 Å². The Morgan fingerprint density at radius 3 is 2.09 bits per heavy atom. The Hall–Kier alpha value is -2.82. The van der Waals surface area contributed by atoms with Crippen molar-refractivity contribution in [3.8, 4) is 0 Å². The number of carboxylic acid groups (broad SMARTS) is 1. The fraction of sp³-hybridized carbons (Fsp3) is 0.176. The van der Waals surface area contributed by atoms with Crippen LogP contribution in [0.2, 0.25) is 0 Å². The second-order valence-electron chi connectivity index (χ2n) is 5.45. The van der Waals surface area contributed by atoms with Gasteiger partial charge in [-0.15, -0.1) is 0 Å². The summed E-state index contributed by atoms with van der Waals surface area (Å²) in [7, 11) is 0. The average molecular weight is 297 g/mol. The van der Waals surface area contributed by atoms with Crippen LogP contribution in [-0.2, 0) is 0 Å². The molecule has 5 heteroatoms. The molecule has 0 saturated carbocycles. The normalized spacial score (nSPS) is 11.0. The van der Waals surface area contributed by atoms with Gasteiger partial charge in [-0.3, -0.25) is 4.79 Å². The molecule has 0 atom stereocenters. The third-order valence-electron chi connectivity index (χ3n) is 3.71. The number of fused-ring (bicyclic) bond motifs is 2. The van der Waals surface area contributed by atoms with Crippen LogP contribution in [0.3, 0.4) is 0 Å². The van der Waals surface area contributed by atoms with E-state index in [0.29, 0.717) is 5.69 Å². The number of hydrogen-bond acceptors (Lipinski definition) is 3. The van der Waals surface area contributed by atoms with Gasteiger partial charge < -0.3 is 14.8 Å². The quantitative estimate of drug-likeness (QED) is 0.771. The summed E-state index contributed by atoms with van der Waals surface area (Å²) >= 11 is 0. The first-order chi connectivity index (χ1) is 10.4. The molecule has 0 fully saturated rings. The van der Waals surface area contributed by atoms with E-state index in [1.165, 1.54) is 0 Å². The fourth-order valence-corrected chi connectivity index (χ4v) is 2.84. The molecule has 0 spiro atoms. The summed E-state index contributed by atoms with van der Waals surface area (Å²) in [5, 5.41) is 12.1. The number of aryl methyl sites for hydroxylation is 3. The Balaban J connectivity index is 2.02. The summed E-state index contributed by atoms with van der Waals surface area (Å²) in [6, 6.07) is 7.09. The molecule has 3 rings (SSSR count). The van der Waals surface area contributed by atoms with Crippen LogP contribution in [0.1, 0.15) is 37.4 Å². The summed E-state index contributed by atoms with van der Waals surface area (Å²) in [6.45, 7) is 5.79. The molecule has 3 aromatic rings. The van der Waals surface area contributed by atoms with Crippen molar-refractivity contribution in [2.75, 3.05) is 5.32 Å². The molecule has 2 aromatic heterocycles. The summed E-state index contributed by atoms with van der Waals surface area (Å²) in [5.74, 6) is -1.64. The molecule has 0 saturated heterocycles. The van der Waals surface area contributed by atoms with Gasteiger partial charge in [-0.2, -0.15) is 0 Å². The molecule has 1 amide bonds. The molecular weight excluding hydrogens is 282 g/mol. The first-order valence-electron chi connectivity index (χ1n) is 6.86. The first-order valence-corrected chi connectivity index (χ1v) is 6.86. The van der Waals surface area contributed by atoms with E-state index >= 15 is 0 Å². The Morgan fingerprint density at radius 1 is 1.00 bits per heavy atom. The van der Waals surface area contributed by atoms with Crippen molar-refractivity contribution in [2.24, 2.45) is 0 Å². The number of carbonyl (C=O) groups excluding carboxylic acids is 1. The van der Waals surface area contributed by atoms with Crippen molar-refractivity contribution in [3.63, 3.8) is 0 Å². The molecule has 2 N–H and O–H groups in total. The summed E-state index contributed by atoms with van der Waals surface area (Å²) < 4.78 is 5.30. The maximum absolute atomic E-state index is 12.5. The van der Waals surface area contributed by atoms with E-state index < -0.39 is 11.9 Å². The SMILES string of the molecule is Cc1cc(C)c(NC(=O)c2c(C(=O)O)c3ccc2o3)c(C)c1. The van der Waals surface area contributed by atoms with Crippen LogP contribution in [0.5, 0.6) is 0 Å². The van der Waals surface area contributed by atoms with Crippen LogP contribution in [-0.4, -0.2) is 17.0 Å². The molecule has 1 aromatic carbocycles. The zero-order chi connectivity index (χ0) is 16.0. The van der Waals surface area contributed by atoms with Crippen LogP contribution in [0.15, 0.2) is 28.7 Å². The molecule has 22 heavy (non-hydrogen) atoms. The minimum absolute atomic E-state index is 0.0735. The van der Waals surface area contributed by atoms with Gasteiger partial charge in [0.25, 0.3) is 5.91 Å². The topological polar surface area (TPSA) is 79.5 Å². The number of amides is 1. The van der Waals surface area contributed by atoms with E-state index in [4.69, 9.17) is 4.42 Å². The van der Waals surface area contributed by atoms with E-state index in [1.807, 2.05) is 32.9 Å². The maximum Gasteiger partial charge on any atom is 0.340 e. The van der Waals surface area contributed by atoms with Crippen molar-refractivity contribution in [2.45, 2.75) is 20.8 Å². The molecule has 2 bridgehead atoms. The number of rotatable bonds is 3. The summed E-state index contributed by atoms with van der Waals surface area (Å²) in [5.41, 5.74) is 4.15. The van der Waals surface area contributed by atoms with Crippen molar-refractivity contribution < 1.29 is 19.1 Å². The van der Waals surface area contributed by atoms with E-state index in [9.17, 15) is 14.7 Å². The molecule has 2 heterocycles. The van der Waals surface area contributed by atoms with E-state index in [1.54, 1.807) is 12.1 Å². The highest BCUT2D eigenvalue weighted by Gasteiger charge is 2.27. The molecule has 0 aliphatic carbocycles. The van der Waals surface area contributed by atoms with Crippen LogP contribution >= 0.6 is 0 Å². The minimum Gasteiger partial charge on any atom is -0.478 e. The highest BCUT2D eigenvalue weighted by molar-refractivity contribution is 6.18. The number of anilines is 1. The third-order valence-corrected chi connectivity index (χ3v) is 3.71. The summed E-state index contributed by atoms with van der Waals surface area (Å²) in [4.78, 5) is 23.9. The zero-order valence-corrected chi connectivity index (χ0v) is 12.5. The monoisotopic (exact) mass is 297 g/mol. The van der Waals surface area contributed by atoms with Crippen molar-refractivity contribution in [1.82, 2.24) is 0 Å². The zero-order valence-electron chi connectivity index (χ0n) is 12.5. The van der Waals surface area contributed by atoms with Crippen molar-refractivity contribution in [1.29, 1.82) is 0 Å². The third kappa shape index (κ3) is 2.11. The van der Waals surface area contributed by atoms with E-state index in [-0.39, 0.29) is 22.3 Å². The summed E-state index contributed by atoms with van der Waals surface area (Å²) in [6.07, 6.45) is 0. The largest absolute Gasteiger partial charge is 0.478 e. The average Bonchev–Trinajstić information content (AvgIpc) is 3.02. The molecule has 112 valence electrons. The van der Waals surface area contributed by atoms with Gasteiger partial charge in [0, 0.05) is 5.69 Å². The van der Waals surface area contributed by atoms with Gasteiger partial charge in [-0.1, -0.05) is 17.7 Å². The lowest BCUT2D eigenvalue weighted by atomic mass is 10.0. The Bertz CT molecular complexity index is 868. The predicted octanol–water partition coefficient (Wildman–Crippen LogP) is 3.75. The van der Waals surface area contributed by atoms with Crippen LogP contribution in [0.25, 0.3) is 11.2 Å². The van der Waals surface area contributed by atoms with E-state index in [2.05, 4.69) is 5.32 Å². The smallest absolute Gasteiger partial charge is 0.340 e. The van der Waals surface area contributed by atoms with Crippen LogP contribution in [0.4, 0.5) is 5.69 Å². The Morgan fingerprint density at radius 2 is 1.55 bits per heavy atom. The Kier molecular flexibility index (Phi) is 3.13. The van der Waals surface area contributed by atoms with Gasteiger partial charge in [0.2, 0.25) is 0 Å².